The molecule has 0 saturated heterocycles. The lowest BCUT2D eigenvalue weighted by Gasteiger charge is -2.12. The molecule has 10 heteroatoms. The summed E-state index contributed by atoms with van der Waals surface area (Å²) in [6.45, 7) is 9.35. The maximum atomic E-state index is 14.9. The summed E-state index contributed by atoms with van der Waals surface area (Å²) in [6.07, 6.45) is 9.00. The minimum Gasteiger partial charge on any atom is -0.345 e. The van der Waals surface area contributed by atoms with Crippen molar-refractivity contribution in [3.05, 3.63) is 82.9 Å². The number of ketones is 1. The molecule has 4 rings (SSSR count). The molecule has 0 unspecified atom stereocenters. The zero-order valence-corrected chi connectivity index (χ0v) is 20.8. The zero-order chi connectivity index (χ0) is 25.5. The number of nitrogens with zero attached hydrogens (tertiary/aromatic N) is 3. The molecular formula is C24H28FN5O3S. The molecular weight excluding hydrogens is 457 g/mol. The number of rotatable bonds is 4. The third kappa shape index (κ3) is 6.22. The molecule has 0 spiro atoms. The van der Waals surface area contributed by atoms with Crippen LogP contribution in [-0.2, 0) is 10.0 Å². The number of H-pyrrole nitrogens is 1. The van der Waals surface area contributed by atoms with E-state index in [2.05, 4.69) is 24.7 Å². The van der Waals surface area contributed by atoms with E-state index in [1.165, 1.54) is 24.7 Å². The Morgan fingerprint density at radius 2 is 1.71 bits per heavy atom. The first-order valence-electron chi connectivity index (χ1n) is 10.5. The van der Waals surface area contributed by atoms with Gasteiger partial charge in [0.2, 0.25) is 10.0 Å². The van der Waals surface area contributed by atoms with Gasteiger partial charge in [-0.1, -0.05) is 19.9 Å². The fraction of sp³-hybridized carbons (Fsp3) is 0.250. The monoisotopic (exact) mass is 485 g/mol. The van der Waals surface area contributed by atoms with Crippen LogP contribution in [0.1, 0.15) is 46.5 Å². The van der Waals surface area contributed by atoms with Crippen LogP contribution in [-0.4, -0.2) is 40.4 Å². The Kier molecular flexibility index (Phi) is 8.97. The Hall–Kier alpha value is -3.66. The number of fused-ring (bicyclic) bond motifs is 1. The molecule has 0 amide bonds. The van der Waals surface area contributed by atoms with Gasteiger partial charge < -0.3 is 4.98 Å². The second kappa shape index (κ2) is 11.5. The van der Waals surface area contributed by atoms with Crippen molar-refractivity contribution in [3.63, 3.8) is 0 Å². The molecule has 8 nitrogen and oxygen atoms in total. The van der Waals surface area contributed by atoms with Crippen molar-refractivity contribution in [2.45, 2.75) is 34.6 Å². The fourth-order valence-electron chi connectivity index (χ4n) is 3.15. The average Bonchev–Trinajstić information content (AvgIpc) is 3.25. The van der Waals surface area contributed by atoms with Gasteiger partial charge in [-0.15, -0.1) is 0 Å². The smallest absolute Gasteiger partial charge is 0.229 e. The summed E-state index contributed by atoms with van der Waals surface area (Å²) >= 11 is 0. The van der Waals surface area contributed by atoms with Crippen LogP contribution >= 0.6 is 0 Å². The van der Waals surface area contributed by atoms with Crippen LogP contribution in [0, 0.1) is 26.6 Å². The second-order valence-corrected chi connectivity index (χ2v) is 8.97. The second-order valence-electron chi connectivity index (χ2n) is 7.22. The molecule has 1 aromatic carbocycles. The summed E-state index contributed by atoms with van der Waals surface area (Å²) in [6, 6.07) is 4.59. The molecule has 0 aliphatic rings. The molecule has 0 fully saturated rings. The van der Waals surface area contributed by atoms with Gasteiger partial charge in [0.05, 0.1) is 17.5 Å². The normalized spacial score (nSPS) is 10.6. The number of aromatic nitrogens is 4. The van der Waals surface area contributed by atoms with Gasteiger partial charge in [-0.25, -0.2) is 27.8 Å². The van der Waals surface area contributed by atoms with Crippen LogP contribution < -0.4 is 4.72 Å². The van der Waals surface area contributed by atoms with E-state index in [1.54, 1.807) is 31.6 Å². The van der Waals surface area contributed by atoms with Gasteiger partial charge >= 0.3 is 0 Å². The van der Waals surface area contributed by atoms with Crippen LogP contribution in [0.5, 0.6) is 0 Å². The third-order valence-corrected chi connectivity index (χ3v) is 5.40. The van der Waals surface area contributed by atoms with E-state index >= 15 is 0 Å². The number of carbonyl (C=O) groups is 1. The van der Waals surface area contributed by atoms with E-state index in [1.807, 2.05) is 27.7 Å². The summed E-state index contributed by atoms with van der Waals surface area (Å²) in [5.41, 5.74) is 2.62. The largest absolute Gasteiger partial charge is 0.345 e. The lowest BCUT2D eigenvalue weighted by Crippen LogP contribution is -2.14. The van der Waals surface area contributed by atoms with E-state index in [-0.39, 0.29) is 11.3 Å². The number of nitrogens with one attached hydrogen (secondary N) is 2. The number of aromatic amines is 1. The standard InChI is InChI=1S/C18H18FN3O3S.C4H4N2.C2H6/c1-9-5-6-13(22-26(4,24)25)16(19)14(9)17(23)12-8-21-18-15(12)11(3)10(2)7-20-18;1-2-5-4-6-3-1;1-2/h5-8,22H,1-4H3,(H,20,21);1-4H;1-2H3. The highest BCUT2D eigenvalue weighted by Gasteiger charge is 2.24. The van der Waals surface area contributed by atoms with Gasteiger partial charge in [0.1, 0.15) is 12.0 Å². The summed E-state index contributed by atoms with van der Waals surface area (Å²) in [4.78, 5) is 27.6. The highest BCUT2D eigenvalue weighted by atomic mass is 32.2. The molecule has 0 aliphatic heterocycles. The summed E-state index contributed by atoms with van der Waals surface area (Å²) in [5, 5.41) is 0.635. The van der Waals surface area contributed by atoms with Crippen molar-refractivity contribution in [3.8, 4) is 0 Å². The first-order chi connectivity index (χ1) is 16.1. The molecule has 4 aromatic rings. The first-order valence-corrected chi connectivity index (χ1v) is 12.4. The number of sulfonamides is 1. The van der Waals surface area contributed by atoms with E-state index in [9.17, 15) is 17.6 Å². The minimum absolute atomic E-state index is 0.166. The quantitative estimate of drug-likeness (QED) is 0.404. The Balaban J connectivity index is 0.000000437. The molecule has 0 radical (unpaired) electrons. The lowest BCUT2D eigenvalue weighted by molar-refractivity contribution is 0.103. The molecule has 180 valence electrons. The van der Waals surface area contributed by atoms with Crippen LogP contribution in [0.4, 0.5) is 10.1 Å². The Labute approximate surface area is 198 Å². The maximum absolute atomic E-state index is 14.9. The topological polar surface area (TPSA) is 118 Å². The Morgan fingerprint density at radius 1 is 1.06 bits per heavy atom. The van der Waals surface area contributed by atoms with E-state index in [0.29, 0.717) is 22.2 Å². The SMILES string of the molecule is CC.Cc1ccc(NS(C)(=O)=O)c(F)c1C(=O)c1c[nH]c2ncc(C)c(C)c12.c1cncnc1. The number of pyridine rings is 1. The van der Waals surface area contributed by atoms with Crippen LogP contribution in [0.3, 0.4) is 0 Å². The van der Waals surface area contributed by atoms with Crippen molar-refractivity contribution in [2.24, 2.45) is 0 Å². The van der Waals surface area contributed by atoms with Gasteiger partial charge in [0.25, 0.3) is 0 Å². The number of halogens is 1. The predicted octanol–water partition coefficient (Wildman–Crippen LogP) is 4.73. The number of hydrogen-bond acceptors (Lipinski definition) is 6. The fourth-order valence-corrected chi connectivity index (χ4v) is 3.70. The molecule has 34 heavy (non-hydrogen) atoms. The van der Waals surface area contributed by atoms with Crippen LogP contribution in [0.15, 0.2) is 49.3 Å². The molecule has 0 bridgehead atoms. The zero-order valence-electron chi connectivity index (χ0n) is 20.0. The van der Waals surface area contributed by atoms with Crippen molar-refractivity contribution < 1.29 is 17.6 Å². The molecule has 2 N–H and O–H groups in total. The summed E-state index contributed by atoms with van der Waals surface area (Å²) in [7, 11) is -3.67. The van der Waals surface area contributed by atoms with Crippen molar-refractivity contribution in [1.29, 1.82) is 0 Å². The number of benzene rings is 1. The van der Waals surface area contributed by atoms with E-state index in [4.69, 9.17) is 0 Å². The summed E-state index contributed by atoms with van der Waals surface area (Å²) < 4.78 is 39.9. The predicted molar refractivity (Wildman–Crippen MR) is 132 cm³/mol. The average molecular weight is 486 g/mol. The number of carbonyl (C=O) groups excluding carboxylic acids is 1. The number of hydrogen-bond donors (Lipinski definition) is 2. The van der Waals surface area contributed by atoms with Crippen LogP contribution in [0.2, 0.25) is 0 Å². The number of anilines is 1. The molecule has 3 aromatic heterocycles. The molecule has 0 aliphatic carbocycles. The van der Waals surface area contributed by atoms with Gasteiger partial charge in [-0.3, -0.25) is 9.52 Å². The maximum Gasteiger partial charge on any atom is 0.229 e. The highest BCUT2D eigenvalue weighted by Crippen LogP contribution is 2.29. The molecule has 0 saturated carbocycles. The van der Waals surface area contributed by atoms with Crippen molar-refractivity contribution in [2.75, 3.05) is 11.0 Å². The van der Waals surface area contributed by atoms with Crippen LogP contribution in [0.25, 0.3) is 11.0 Å². The van der Waals surface area contributed by atoms with E-state index < -0.39 is 21.6 Å². The lowest BCUT2D eigenvalue weighted by atomic mass is 9.96. The Bertz CT molecular complexity index is 1360. The molecule has 3 heterocycles. The van der Waals surface area contributed by atoms with Crippen molar-refractivity contribution >= 4 is 32.5 Å². The highest BCUT2D eigenvalue weighted by molar-refractivity contribution is 7.92. The Morgan fingerprint density at radius 3 is 2.24 bits per heavy atom. The van der Waals surface area contributed by atoms with Gasteiger partial charge in [-0.05, 0) is 49.6 Å². The van der Waals surface area contributed by atoms with Crippen molar-refractivity contribution in [1.82, 2.24) is 19.9 Å². The summed E-state index contributed by atoms with van der Waals surface area (Å²) in [5.74, 6) is -1.42. The number of aryl methyl sites for hydroxylation is 3. The van der Waals surface area contributed by atoms with Gasteiger partial charge in [0, 0.05) is 35.7 Å². The first kappa shape index (κ1) is 26.6. The molecule has 0 atom stereocenters. The minimum atomic E-state index is -3.67. The van der Waals surface area contributed by atoms with Gasteiger partial charge in [-0.2, -0.15) is 0 Å². The van der Waals surface area contributed by atoms with Gasteiger partial charge in [0.15, 0.2) is 11.6 Å². The third-order valence-electron chi connectivity index (χ3n) is 4.81. The van der Waals surface area contributed by atoms with E-state index in [0.717, 1.165) is 17.4 Å².